The highest BCUT2D eigenvalue weighted by molar-refractivity contribution is 7.93. The summed E-state index contributed by atoms with van der Waals surface area (Å²) in [6.45, 7) is 3.73. The molecule has 2 aromatic carbocycles. The zero-order chi connectivity index (χ0) is 24.1. The van der Waals surface area contributed by atoms with Crippen LogP contribution in [0.25, 0.3) is 0 Å². The lowest BCUT2D eigenvalue weighted by atomic mass is 9.84. The number of oxime groups is 1. The molecule has 180 valence electrons. The van der Waals surface area contributed by atoms with Gasteiger partial charge in [-0.15, -0.1) is 0 Å². The number of nitrogens with one attached hydrogen (secondary N) is 1. The maximum Gasteiger partial charge on any atom is 0.516 e. The predicted molar refractivity (Wildman–Crippen MR) is 124 cm³/mol. The largest absolute Gasteiger partial charge is 0.516 e. The highest BCUT2D eigenvalue weighted by atomic mass is 32.2. The number of rotatable bonds is 8. The second kappa shape index (κ2) is 10.6. The van der Waals surface area contributed by atoms with Crippen LogP contribution in [0.1, 0.15) is 73.6 Å². The molecule has 0 aliphatic heterocycles. The molecule has 5 nitrogen and oxygen atoms in total. The van der Waals surface area contributed by atoms with Crippen molar-refractivity contribution in [2.45, 2.75) is 70.4 Å². The van der Waals surface area contributed by atoms with Gasteiger partial charge in [0.25, 0.3) is 0 Å². The fourth-order valence-electron chi connectivity index (χ4n) is 4.00. The molecule has 0 unspecified atom stereocenters. The minimum Gasteiger partial charge on any atom is -0.391 e. The minimum atomic E-state index is -5.55. The SMILES string of the molecule is CC/C(=N\OCc1ccc(C2CCCCC2)cc1)c1cc(C)ccc1NS(=O)(=O)C(F)(F)F. The Morgan fingerprint density at radius 2 is 1.76 bits per heavy atom. The maximum absolute atomic E-state index is 12.8. The van der Waals surface area contributed by atoms with Gasteiger partial charge >= 0.3 is 15.5 Å². The van der Waals surface area contributed by atoms with E-state index in [1.807, 2.05) is 12.1 Å². The highest BCUT2D eigenvalue weighted by Crippen LogP contribution is 2.32. The van der Waals surface area contributed by atoms with Crippen molar-refractivity contribution in [1.82, 2.24) is 0 Å². The Morgan fingerprint density at radius 3 is 2.36 bits per heavy atom. The van der Waals surface area contributed by atoms with E-state index in [9.17, 15) is 21.6 Å². The summed E-state index contributed by atoms with van der Waals surface area (Å²) in [6.07, 6.45) is 6.62. The third kappa shape index (κ3) is 6.50. The molecule has 0 radical (unpaired) electrons. The molecule has 3 rings (SSSR count). The van der Waals surface area contributed by atoms with Gasteiger partial charge in [-0.05, 0) is 55.4 Å². The molecule has 1 saturated carbocycles. The number of benzene rings is 2. The number of hydrogen-bond acceptors (Lipinski definition) is 4. The molecule has 9 heteroatoms. The molecule has 33 heavy (non-hydrogen) atoms. The lowest BCUT2D eigenvalue weighted by Gasteiger charge is -2.22. The van der Waals surface area contributed by atoms with Crippen LogP contribution in [0.2, 0.25) is 0 Å². The van der Waals surface area contributed by atoms with Crippen molar-refractivity contribution in [3.8, 4) is 0 Å². The summed E-state index contributed by atoms with van der Waals surface area (Å²) >= 11 is 0. The quantitative estimate of drug-likeness (QED) is 0.339. The maximum atomic E-state index is 12.8. The summed E-state index contributed by atoms with van der Waals surface area (Å²) in [6, 6.07) is 12.6. The van der Waals surface area contributed by atoms with Crippen LogP contribution in [0.5, 0.6) is 0 Å². The van der Waals surface area contributed by atoms with Crippen LogP contribution >= 0.6 is 0 Å². The summed E-state index contributed by atoms with van der Waals surface area (Å²) in [5, 5.41) is 4.11. The highest BCUT2D eigenvalue weighted by Gasteiger charge is 2.46. The van der Waals surface area contributed by atoms with Crippen molar-refractivity contribution in [2.75, 3.05) is 4.72 Å². The lowest BCUT2D eigenvalue weighted by Crippen LogP contribution is -2.30. The van der Waals surface area contributed by atoms with E-state index in [2.05, 4.69) is 17.3 Å². The van der Waals surface area contributed by atoms with E-state index in [4.69, 9.17) is 4.84 Å². The van der Waals surface area contributed by atoms with Crippen molar-refractivity contribution in [2.24, 2.45) is 5.16 Å². The van der Waals surface area contributed by atoms with Gasteiger partial charge in [-0.1, -0.05) is 67.2 Å². The fraction of sp³-hybridized carbons (Fsp3) is 0.458. The molecule has 0 bridgehead atoms. The van der Waals surface area contributed by atoms with Crippen molar-refractivity contribution >= 4 is 21.4 Å². The summed E-state index contributed by atoms with van der Waals surface area (Å²) < 4.78 is 63.4. The molecule has 0 saturated heterocycles. The summed E-state index contributed by atoms with van der Waals surface area (Å²) in [5.74, 6) is 0.610. The molecule has 0 spiro atoms. The molecule has 1 fully saturated rings. The molecule has 2 aromatic rings. The average molecular weight is 483 g/mol. The number of anilines is 1. The third-order valence-corrected chi connectivity index (χ3v) is 6.93. The summed E-state index contributed by atoms with van der Waals surface area (Å²) in [7, 11) is -5.55. The van der Waals surface area contributed by atoms with E-state index >= 15 is 0 Å². The Hall–Kier alpha value is -2.55. The van der Waals surface area contributed by atoms with Gasteiger partial charge < -0.3 is 4.84 Å². The van der Waals surface area contributed by atoms with Crippen LogP contribution in [0, 0.1) is 6.92 Å². The number of alkyl halides is 3. The zero-order valence-electron chi connectivity index (χ0n) is 18.8. The molecule has 0 atom stereocenters. The molecule has 0 aromatic heterocycles. The summed E-state index contributed by atoms with van der Waals surface area (Å²) in [4.78, 5) is 5.49. The van der Waals surface area contributed by atoms with E-state index < -0.39 is 15.5 Å². The Kier molecular flexibility index (Phi) is 8.05. The Labute approximate surface area is 193 Å². The number of aryl methyl sites for hydroxylation is 1. The number of nitrogens with zero attached hydrogens (tertiary/aromatic N) is 1. The van der Waals surface area contributed by atoms with Gasteiger partial charge in [0.2, 0.25) is 0 Å². The molecule has 1 aliphatic rings. The van der Waals surface area contributed by atoms with Crippen LogP contribution < -0.4 is 4.72 Å². The van der Waals surface area contributed by atoms with Gasteiger partial charge in [-0.25, -0.2) is 0 Å². The van der Waals surface area contributed by atoms with Gasteiger partial charge in [0.05, 0.1) is 11.4 Å². The first-order chi connectivity index (χ1) is 15.6. The Bertz CT molecular complexity index is 1080. The average Bonchev–Trinajstić information content (AvgIpc) is 2.78. The number of hydrogen-bond donors (Lipinski definition) is 1. The van der Waals surface area contributed by atoms with E-state index in [0.717, 1.165) is 11.1 Å². The van der Waals surface area contributed by atoms with Crippen LogP contribution in [0.4, 0.5) is 18.9 Å². The van der Waals surface area contributed by atoms with E-state index in [1.165, 1.54) is 49.8 Å². The van der Waals surface area contributed by atoms with E-state index in [-0.39, 0.29) is 17.9 Å². The number of sulfonamides is 1. The second-order valence-electron chi connectivity index (χ2n) is 8.34. The molecule has 1 N–H and O–H groups in total. The molecule has 0 amide bonds. The first-order valence-corrected chi connectivity index (χ1v) is 12.6. The Balaban J connectivity index is 1.73. The molecular weight excluding hydrogens is 453 g/mol. The van der Waals surface area contributed by atoms with E-state index in [0.29, 0.717) is 18.1 Å². The van der Waals surface area contributed by atoms with Gasteiger partial charge in [0.1, 0.15) is 6.61 Å². The van der Waals surface area contributed by atoms with Crippen LogP contribution in [0.15, 0.2) is 47.6 Å². The smallest absolute Gasteiger partial charge is 0.391 e. The van der Waals surface area contributed by atoms with E-state index in [1.54, 1.807) is 24.6 Å². The lowest BCUT2D eigenvalue weighted by molar-refractivity contribution is -0.0429. The normalized spacial score (nSPS) is 16.0. The van der Waals surface area contributed by atoms with Gasteiger partial charge in [0, 0.05) is 5.56 Å². The van der Waals surface area contributed by atoms with Crippen LogP contribution in [-0.4, -0.2) is 19.6 Å². The standard InChI is InChI=1S/C24H29F3N2O3S/c1-3-22(21-15-17(2)9-14-23(21)29-33(30,31)24(25,26)27)28-32-16-18-10-12-20(13-11-18)19-7-5-4-6-8-19/h9-15,19,29H,3-8,16H2,1-2H3/b28-22+. The molecule has 0 heterocycles. The predicted octanol–water partition coefficient (Wildman–Crippen LogP) is 6.64. The van der Waals surface area contributed by atoms with Crippen molar-refractivity contribution in [1.29, 1.82) is 0 Å². The van der Waals surface area contributed by atoms with Crippen molar-refractivity contribution < 1.29 is 26.4 Å². The van der Waals surface area contributed by atoms with Gasteiger partial charge in [-0.2, -0.15) is 21.6 Å². The summed E-state index contributed by atoms with van der Waals surface area (Å²) in [5.41, 5.74) is -2.01. The zero-order valence-corrected chi connectivity index (χ0v) is 19.6. The van der Waals surface area contributed by atoms with Gasteiger partial charge in [0.15, 0.2) is 0 Å². The first-order valence-electron chi connectivity index (χ1n) is 11.1. The minimum absolute atomic E-state index is 0.195. The topological polar surface area (TPSA) is 67.8 Å². The van der Waals surface area contributed by atoms with Crippen LogP contribution in [-0.2, 0) is 21.5 Å². The first kappa shape index (κ1) is 25.1. The third-order valence-electron chi connectivity index (χ3n) is 5.83. The molecular formula is C24H29F3N2O3S. The monoisotopic (exact) mass is 482 g/mol. The molecule has 1 aliphatic carbocycles. The van der Waals surface area contributed by atoms with Gasteiger partial charge in [-0.3, -0.25) is 4.72 Å². The Morgan fingerprint density at radius 1 is 1.09 bits per heavy atom. The number of halogens is 3. The van der Waals surface area contributed by atoms with Crippen LogP contribution in [0.3, 0.4) is 0 Å². The fourth-order valence-corrected chi connectivity index (χ4v) is 4.58. The van der Waals surface area contributed by atoms with Crippen molar-refractivity contribution in [3.05, 3.63) is 64.7 Å². The van der Waals surface area contributed by atoms with Crippen molar-refractivity contribution in [3.63, 3.8) is 0 Å². The second-order valence-corrected chi connectivity index (χ2v) is 10.0.